The van der Waals surface area contributed by atoms with Crippen molar-refractivity contribution in [2.24, 2.45) is 0 Å². The molecule has 1 saturated heterocycles. The highest BCUT2D eigenvalue weighted by Gasteiger charge is 2.38. The molecular formula is C44H44F3N5O9S2. The summed E-state index contributed by atoms with van der Waals surface area (Å²) in [6.45, 7) is 3.71. The van der Waals surface area contributed by atoms with Gasteiger partial charge in [0.1, 0.15) is 5.69 Å². The van der Waals surface area contributed by atoms with E-state index in [-0.39, 0.29) is 22.2 Å². The molecule has 0 unspecified atom stereocenters. The highest BCUT2D eigenvalue weighted by molar-refractivity contribution is 7.99. The number of rotatable bonds is 14. The molecule has 5 aromatic rings. The first-order valence-corrected chi connectivity index (χ1v) is 22.0. The normalized spacial score (nSPS) is 14.9. The Morgan fingerprint density at radius 3 is 2.33 bits per heavy atom. The van der Waals surface area contributed by atoms with E-state index in [0.717, 1.165) is 72.4 Å². The Bertz CT molecular complexity index is 2560. The minimum Gasteiger partial charge on any atom is -0.493 e. The first-order chi connectivity index (χ1) is 30.1. The summed E-state index contributed by atoms with van der Waals surface area (Å²) in [7, 11) is -1.11. The summed E-state index contributed by atoms with van der Waals surface area (Å²) in [5, 5.41) is 22.1. The van der Waals surface area contributed by atoms with Crippen LogP contribution in [0.5, 0.6) is 11.5 Å². The number of nitrogens with zero attached hydrogens (tertiary/aromatic N) is 3. The number of methoxy groups -OCH3 is 2. The van der Waals surface area contributed by atoms with Crippen LogP contribution in [0.3, 0.4) is 0 Å². The van der Waals surface area contributed by atoms with E-state index in [4.69, 9.17) is 19.4 Å². The van der Waals surface area contributed by atoms with Gasteiger partial charge in [-0.3, -0.25) is 19.8 Å². The Hall–Kier alpha value is -6.31. The van der Waals surface area contributed by atoms with Crippen molar-refractivity contribution in [3.05, 3.63) is 136 Å². The predicted molar refractivity (Wildman–Crippen MR) is 233 cm³/mol. The first-order valence-electron chi connectivity index (χ1n) is 19.6. The molecule has 0 saturated carbocycles. The summed E-state index contributed by atoms with van der Waals surface area (Å²) < 4.78 is 71.8. The van der Waals surface area contributed by atoms with E-state index in [9.17, 15) is 36.5 Å². The number of carbonyl (C=O) groups is 2. The monoisotopic (exact) mass is 907 g/mol. The summed E-state index contributed by atoms with van der Waals surface area (Å²) >= 11 is 1.59. The molecule has 1 fully saturated rings. The fourth-order valence-corrected chi connectivity index (χ4v) is 9.29. The van der Waals surface area contributed by atoms with Crippen LogP contribution in [-0.4, -0.2) is 93.6 Å². The number of carboxylic acids is 1. The standard InChI is InChI=1S/C42H43N5O7S2.C2HF3O2/c1-53-40-14-8-13-36(41(40)54-2)35-12-7-6-9-31(35)27-45-22-23-46-32(28-45)17-15-29-25-30(16-20-38(29)46)42(48)44-56(51,52)34-18-19-37(39(26-34)47(49)50)43-21-24-55-33-10-4-3-5-11-33;3-2(4,5)1(6)7/h3-14,16,18-20,25-26,32,43H,15,17,21-24,27-28H2,1-2H3,(H,44,48);(H,6,7)/t32-;/m0./s1. The van der Waals surface area contributed by atoms with Crippen molar-refractivity contribution in [2.75, 3.05) is 56.4 Å². The van der Waals surface area contributed by atoms with Gasteiger partial charge in [-0.15, -0.1) is 11.8 Å². The van der Waals surface area contributed by atoms with E-state index in [2.05, 4.69) is 44.1 Å². The number of carboxylic acid groups (broad SMARTS) is 1. The summed E-state index contributed by atoms with van der Waals surface area (Å²) in [5.41, 5.74) is 5.31. The molecule has 332 valence electrons. The van der Waals surface area contributed by atoms with Crippen molar-refractivity contribution < 1.29 is 50.7 Å². The van der Waals surface area contributed by atoms with Gasteiger partial charge in [-0.05, 0) is 78.1 Å². The fraction of sp³-hybridized carbons (Fsp3) is 0.273. The lowest BCUT2D eigenvalue weighted by Crippen LogP contribution is -2.54. The number of piperazine rings is 1. The van der Waals surface area contributed by atoms with Gasteiger partial charge < -0.3 is 24.8 Å². The third-order valence-corrected chi connectivity index (χ3v) is 12.8. The topological polar surface area (TPSA) is 181 Å². The van der Waals surface area contributed by atoms with Gasteiger partial charge in [0.25, 0.3) is 21.6 Å². The van der Waals surface area contributed by atoms with Gasteiger partial charge in [-0.25, -0.2) is 17.9 Å². The largest absolute Gasteiger partial charge is 0.493 e. The Balaban J connectivity index is 0.000000871. The first kappa shape index (κ1) is 46.2. The van der Waals surface area contributed by atoms with E-state index in [1.807, 2.05) is 54.6 Å². The Labute approximate surface area is 366 Å². The summed E-state index contributed by atoms with van der Waals surface area (Å²) in [5.74, 6) is -1.52. The quantitative estimate of drug-likeness (QED) is 0.0424. The van der Waals surface area contributed by atoms with Crippen LogP contribution >= 0.6 is 11.8 Å². The molecule has 2 heterocycles. The number of hydrogen-bond donors (Lipinski definition) is 3. The van der Waals surface area contributed by atoms with Gasteiger partial charge in [0.15, 0.2) is 11.5 Å². The van der Waals surface area contributed by atoms with Crippen molar-refractivity contribution in [3.8, 4) is 22.6 Å². The second-order valence-corrected chi connectivity index (χ2v) is 17.3. The van der Waals surface area contributed by atoms with E-state index in [1.165, 1.54) is 17.7 Å². The molecule has 0 aromatic heterocycles. The maximum atomic E-state index is 13.3. The highest BCUT2D eigenvalue weighted by Crippen LogP contribution is 2.40. The second kappa shape index (κ2) is 20.3. The number of thioether (sulfide) groups is 1. The Morgan fingerprint density at radius 1 is 0.921 bits per heavy atom. The average Bonchev–Trinajstić information content (AvgIpc) is 3.27. The fourth-order valence-electron chi connectivity index (χ4n) is 7.51. The third-order valence-electron chi connectivity index (χ3n) is 10.4. The molecule has 63 heavy (non-hydrogen) atoms. The number of sulfonamides is 1. The van der Waals surface area contributed by atoms with Crippen LogP contribution in [0, 0.1) is 10.1 Å². The molecule has 2 aliphatic rings. The van der Waals surface area contributed by atoms with Crippen molar-refractivity contribution in [3.63, 3.8) is 0 Å². The van der Waals surface area contributed by atoms with Crippen molar-refractivity contribution in [1.82, 2.24) is 9.62 Å². The van der Waals surface area contributed by atoms with Gasteiger partial charge in [-0.2, -0.15) is 13.2 Å². The molecule has 19 heteroatoms. The van der Waals surface area contributed by atoms with Gasteiger partial charge in [-0.1, -0.05) is 54.6 Å². The van der Waals surface area contributed by atoms with Crippen LogP contribution in [0.15, 0.2) is 119 Å². The average molecular weight is 908 g/mol. The minimum absolute atomic E-state index is 0.196. The molecule has 14 nitrogen and oxygen atoms in total. The summed E-state index contributed by atoms with van der Waals surface area (Å²) in [4.78, 5) is 39.1. The lowest BCUT2D eigenvalue weighted by Gasteiger charge is -2.46. The second-order valence-electron chi connectivity index (χ2n) is 14.4. The number of amides is 1. The zero-order chi connectivity index (χ0) is 45.3. The van der Waals surface area contributed by atoms with Crippen molar-refractivity contribution in [2.45, 2.75) is 41.4 Å². The smallest absolute Gasteiger partial charge is 0.490 e. The maximum Gasteiger partial charge on any atom is 0.490 e. The van der Waals surface area contributed by atoms with E-state index in [1.54, 1.807) is 38.1 Å². The predicted octanol–water partition coefficient (Wildman–Crippen LogP) is 7.87. The van der Waals surface area contributed by atoms with Crippen LogP contribution < -0.4 is 24.4 Å². The number of para-hydroxylation sites is 1. The molecule has 5 aromatic carbocycles. The molecule has 1 atom stereocenters. The number of aryl methyl sites for hydroxylation is 1. The number of nitrogens with one attached hydrogen (secondary N) is 2. The number of fused-ring (bicyclic) bond motifs is 3. The number of ether oxygens (including phenoxy) is 2. The molecule has 2 aliphatic heterocycles. The summed E-state index contributed by atoms with van der Waals surface area (Å²) in [6.07, 6.45) is -3.46. The van der Waals surface area contributed by atoms with Crippen LogP contribution in [0.25, 0.3) is 11.1 Å². The van der Waals surface area contributed by atoms with E-state index in [0.29, 0.717) is 23.8 Å². The van der Waals surface area contributed by atoms with Gasteiger partial charge in [0, 0.05) is 72.3 Å². The number of alkyl halides is 3. The van der Waals surface area contributed by atoms with Crippen LogP contribution in [0.1, 0.15) is 27.9 Å². The van der Waals surface area contributed by atoms with Gasteiger partial charge in [0.2, 0.25) is 0 Å². The molecule has 0 spiro atoms. The summed E-state index contributed by atoms with van der Waals surface area (Å²) in [6, 6.07) is 33.2. The SMILES string of the molecule is COc1cccc(-c2ccccc2CN2CCN3c4ccc(C(=O)NS(=O)(=O)c5ccc(NCCSc6ccccc6)c([N+](=O)[O-])c5)cc4CC[C@H]3C2)c1OC.O=C(O)C(F)(F)F. The Morgan fingerprint density at radius 2 is 1.63 bits per heavy atom. The molecule has 7 rings (SSSR count). The minimum atomic E-state index is -5.08. The number of halogens is 3. The van der Waals surface area contributed by atoms with Crippen molar-refractivity contribution >= 4 is 50.7 Å². The zero-order valence-electron chi connectivity index (χ0n) is 34.1. The van der Waals surface area contributed by atoms with Crippen LogP contribution in [0.4, 0.5) is 30.2 Å². The number of hydrogen-bond acceptors (Lipinski definition) is 12. The molecule has 3 N–H and O–H groups in total. The molecule has 0 radical (unpaired) electrons. The lowest BCUT2D eigenvalue weighted by atomic mass is 9.92. The molecule has 0 aliphatic carbocycles. The van der Waals surface area contributed by atoms with Gasteiger partial charge >= 0.3 is 12.1 Å². The molecule has 1 amide bonds. The van der Waals surface area contributed by atoms with E-state index >= 15 is 0 Å². The third kappa shape index (κ3) is 11.4. The van der Waals surface area contributed by atoms with Crippen molar-refractivity contribution in [1.29, 1.82) is 0 Å². The molecule has 0 bridgehead atoms. The number of nitro groups is 1. The Kier molecular flexibility index (Phi) is 14.9. The number of anilines is 2. The number of nitro benzene ring substituents is 1. The number of aliphatic carboxylic acids is 1. The number of carbonyl (C=O) groups excluding carboxylic acids is 1. The highest BCUT2D eigenvalue weighted by atomic mass is 32.2. The van der Waals surface area contributed by atoms with Crippen LogP contribution in [0.2, 0.25) is 0 Å². The van der Waals surface area contributed by atoms with Gasteiger partial charge in [0.05, 0.1) is 24.0 Å². The molecular weight excluding hydrogens is 864 g/mol. The van der Waals surface area contributed by atoms with E-state index < -0.39 is 38.7 Å². The van der Waals surface area contributed by atoms with Crippen LogP contribution in [-0.2, 0) is 27.8 Å². The maximum absolute atomic E-state index is 13.3. The lowest BCUT2D eigenvalue weighted by molar-refractivity contribution is -0.384. The number of benzene rings is 5. The zero-order valence-corrected chi connectivity index (χ0v) is 35.8.